The lowest BCUT2D eigenvalue weighted by Gasteiger charge is -2.28. The number of carbonyl (C=O) groups excluding carboxylic acids is 1. The Balaban J connectivity index is 0.00000147. The number of amides is 1. The molecule has 1 aromatic rings. The van der Waals surface area contributed by atoms with Gasteiger partial charge in [-0.1, -0.05) is 0 Å². The van der Waals surface area contributed by atoms with Crippen molar-refractivity contribution in [2.75, 3.05) is 5.32 Å². The van der Waals surface area contributed by atoms with Crippen LogP contribution in [0.5, 0.6) is 5.75 Å². The van der Waals surface area contributed by atoms with E-state index < -0.39 is 0 Å². The Kier molecular flexibility index (Phi) is 4.89. The van der Waals surface area contributed by atoms with Gasteiger partial charge in [0.05, 0.1) is 0 Å². The van der Waals surface area contributed by atoms with E-state index in [1.54, 1.807) is 24.3 Å². The van der Waals surface area contributed by atoms with Gasteiger partial charge in [0.15, 0.2) is 0 Å². The zero-order valence-electron chi connectivity index (χ0n) is 11.3. The molecule has 3 N–H and O–H groups in total. The summed E-state index contributed by atoms with van der Waals surface area (Å²) in [6.07, 6.45) is 5.38. The van der Waals surface area contributed by atoms with Crippen molar-refractivity contribution in [2.45, 2.75) is 44.2 Å². The van der Waals surface area contributed by atoms with Crippen LogP contribution in [0.1, 0.15) is 32.1 Å². The zero-order chi connectivity index (χ0) is 13.2. The fourth-order valence-electron chi connectivity index (χ4n) is 3.36. The van der Waals surface area contributed by atoms with Gasteiger partial charge in [0.25, 0.3) is 0 Å². The second-order valence-corrected chi connectivity index (χ2v) is 5.77. The largest absolute Gasteiger partial charge is 0.508 e. The van der Waals surface area contributed by atoms with Crippen molar-refractivity contribution in [1.29, 1.82) is 0 Å². The molecular formula is C15H21ClN2O2. The van der Waals surface area contributed by atoms with Crippen LogP contribution in [0.25, 0.3) is 0 Å². The van der Waals surface area contributed by atoms with Gasteiger partial charge in [0.1, 0.15) is 5.75 Å². The van der Waals surface area contributed by atoms with E-state index in [2.05, 4.69) is 10.6 Å². The highest BCUT2D eigenvalue weighted by atomic mass is 35.5. The number of piperidine rings is 1. The van der Waals surface area contributed by atoms with Gasteiger partial charge in [-0.05, 0) is 55.9 Å². The molecule has 2 atom stereocenters. The predicted molar refractivity (Wildman–Crippen MR) is 81.3 cm³/mol. The van der Waals surface area contributed by atoms with Crippen molar-refractivity contribution < 1.29 is 9.90 Å². The monoisotopic (exact) mass is 296 g/mol. The molecule has 20 heavy (non-hydrogen) atoms. The maximum Gasteiger partial charge on any atom is 0.224 e. The number of phenolic OH excluding ortho intramolecular Hbond substituents is 1. The molecule has 2 aliphatic rings. The van der Waals surface area contributed by atoms with Crippen molar-refractivity contribution in [1.82, 2.24) is 5.32 Å². The quantitative estimate of drug-likeness (QED) is 0.752. The van der Waals surface area contributed by atoms with Crippen LogP contribution in [0.2, 0.25) is 0 Å². The van der Waals surface area contributed by atoms with E-state index in [0.29, 0.717) is 24.4 Å². The number of anilines is 1. The molecule has 110 valence electrons. The minimum absolute atomic E-state index is 0. The number of halogens is 1. The lowest BCUT2D eigenvalue weighted by atomic mass is 9.89. The number of hydrogen-bond donors (Lipinski definition) is 3. The number of fused-ring (bicyclic) bond motifs is 2. The van der Waals surface area contributed by atoms with E-state index in [0.717, 1.165) is 18.5 Å². The molecule has 5 heteroatoms. The average molecular weight is 297 g/mol. The third kappa shape index (κ3) is 3.64. The molecule has 0 spiro atoms. The van der Waals surface area contributed by atoms with Crippen molar-refractivity contribution in [3.63, 3.8) is 0 Å². The summed E-state index contributed by atoms with van der Waals surface area (Å²) in [6, 6.07) is 7.87. The number of benzene rings is 1. The molecule has 0 saturated carbocycles. The Morgan fingerprint density at radius 1 is 1.20 bits per heavy atom. The minimum Gasteiger partial charge on any atom is -0.508 e. The Labute approximate surface area is 125 Å². The summed E-state index contributed by atoms with van der Waals surface area (Å²) in [7, 11) is 0. The number of aromatic hydroxyl groups is 1. The second kappa shape index (κ2) is 6.46. The number of carbonyl (C=O) groups is 1. The molecule has 2 unspecified atom stereocenters. The summed E-state index contributed by atoms with van der Waals surface area (Å²) in [5, 5.41) is 15.7. The first-order valence-electron chi connectivity index (χ1n) is 7.04. The van der Waals surface area contributed by atoms with Gasteiger partial charge < -0.3 is 15.7 Å². The van der Waals surface area contributed by atoms with Crippen LogP contribution in [-0.2, 0) is 4.79 Å². The van der Waals surface area contributed by atoms with Gasteiger partial charge >= 0.3 is 0 Å². The van der Waals surface area contributed by atoms with Crippen LogP contribution < -0.4 is 10.6 Å². The van der Waals surface area contributed by atoms with Crippen molar-refractivity contribution in [3.8, 4) is 5.75 Å². The van der Waals surface area contributed by atoms with Crippen LogP contribution in [0, 0.1) is 5.92 Å². The lowest BCUT2D eigenvalue weighted by Crippen LogP contribution is -2.39. The smallest absolute Gasteiger partial charge is 0.224 e. The van der Waals surface area contributed by atoms with Crippen molar-refractivity contribution >= 4 is 24.0 Å². The SMILES string of the molecule is Cl.O=C(CC1CC2CCC(C1)N2)Nc1ccc(O)cc1. The van der Waals surface area contributed by atoms with E-state index >= 15 is 0 Å². The number of rotatable bonds is 3. The molecule has 0 radical (unpaired) electrons. The molecule has 2 saturated heterocycles. The maximum absolute atomic E-state index is 12.0. The fraction of sp³-hybridized carbons (Fsp3) is 0.533. The first-order chi connectivity index (χ1) is 9.19. The summed E-state index contributed by atoms with van der Waals surface area (Å²) in [5.74, 6) is 0.806. The average Bonchev–Trinajstić information content (AvgIpc) is 2.72. The molecule has 2 aliphatic heterocycles. The van der Waals surface area contributed by atoms with Crippen LogP contribution in [-0.4, -0.2) is 23.1 Å². The molecule has 4 nitrogen and oxygen atoms in total. The summed E-state index contributed by atoms with van der Waals surface area (Å²) in [4.78, 5) is 12.0. The topological polar surface area (TPSA) is 61.4 Å². The zero-order valence-corrected chi connectivity index (χ0v) is 12.2. The van der Waals surface area contributed by atoms with E-state index in [-0.39, 0.29) is 24.1 Å². The highest BCUT2D eigenvalue weighted by Crippen LogP contribution is 2.32. The molecule has 2 bridgehead atoms. The standard InChI is InChI=1S/C15H20N2O2.ClH/c18-14-5-3-11(4-6-14)17-15(19)9-10-7-12-1-2-13(8-10)16-12;/h3-6,10,12-13,16,18H,1-2,7-9H2,(H,17,19);1H. The highest BCUT2D eigenvalue weighted by Gasteiger charge is 2.34. The van der Waals surface area contributed by atoms with Crippen molar-refractivity contribution in [2.24, 2.45) is 5.92 Å². The van der Waals surface area contributed by atoms with Crippen LogP contribution in [0.4, 0.5) is 5.69 Å². The van der Waals surface area contributed by atoms with Crippen LogP contribution in [0.15, 0.2) is 24.3 Å². The van der Waals surface area contributed by atoms with Gasteiger partial charge in [-0.25, -0.2) is 0 Å². The van der Waals surface area contributed by atoms with Crippen LogP contribution in [0.3, 0.4) is 0 Å². The van der Waals surface area contributed by atoms with Crippen LogP contribution >= 0.6 is 12.4 Å². The number of phenols is 1. The molecule has 0 aliphatic carbocycles. The molecule has 2 fully saturated rings. The lowest BCUT2D eigenvalue weighted by molar-refractivity contribution is -0.117. The second-order valence-electron chi connectivity index (χ2n) is 5.77. The summed E-state index contributed by atoms with van der Waals surface area (Å²) in [6.45, 7) is 0. The number of hydrogen-bond acceptors (Lipinski definition) is 3. The molecular weight excluding hydrogens is 276 g/mol. The van der Waals surface area contributed by atoms with Gasteiger partial charge in [-0.3, -0.25) is 4.79 Å². The number of nitrogens with one attached hydrogen (secondary N) is 2. The maximum atomic E-state index is 12.0. The first kappa shape index (κ1) is 15.1. The third-order valence-electron chi connectivity index (χ3n) is 4.20. The van der Waals surface area contributed by atoms with E-state index in [1.807, 2.05) is 0 Å². The summed E-state index contributed by atoms with van der Waals surface area (Å²) in [5.41, 5.74) is 0.750. The Morgan fingerprint density at radius 3 is 2.40 bits per heavy atom. The Morgan fingerprint density at radius 2 is 1.80 bits per heavy atom. The highest BCUT2D eigenvalue weighted by molar-refractivity contribution is 5.90. The molecule has 1 amide bonds. The first-order valence-corrected chi connectivity index (χ1v) is 7.04. The predicted octanol–water partition coefficient (Wildman–Crippen LogP) is 2.67. The normalized spacial score (nSPS) is 27.7. The molecule has 1 aromatic carbocycles. The van der Waals surface area contributed by atoms with E-state index in [9.17, 15) is 9.90 Å². The third-order valence-corrected chi connectivity index (χ3v) is 4.20. The van der Waals surface area contributed by atoms with Gasteiger partial charge in [-0.15, -0.1) is 12.4 Å². The summed E-state index contributed by atoms with van der Waals surface area (Å²) < 4.78 is 0. The van der Waals surface area contributed by atoms with E-state index in [4.69, 9.17) is 0 Å². The minimum atomic E-state index is 0. The Bertz CT molecular complexity index is 451. The van der Waals surface area contributed by atoms with E-state index in [1.165, 1.54) is 12.8 Å². The molecule has 0 aromatic heterocycles. The van der Waals surface area contributed by atoms with Crippen molar-refractivity contribution in [3.05, 3.63) is 24.3 Å². The van der Waals surface area contributed by atoms with Gasteiger partial charge in [0.2, 0.25) is 5.91 Å². The fourth-order valence-corrected chi connectivity index (χ4v) is 3.36. The molecule has 2 heterocycles. The molecule has 3 rings (SSSR count). The Hall–Kier alpha value is -1.26. The van der Waals surface area contributed by atoms with Gasteiger partial charge in [0, 0.05) is 24.2 Å². The van der Waals surface area contributed by atoms with Gasteiger partial charge in [-0.2, -0.15) is 0 Å². The summed E-state index contributed by atoms with van der Waals surface area (Å²) >= 11 is 0.